The number of halogens is 2. The molecule has 0 radical (unpaired) electrons. The van der Waals surface area contributed by atoms with Gasteiger partial charge in [-0.1, -0.05) is 28.1 Å². The lowest BCUT2D eigenvalue weighted by molar-refractivity contribution is 0.0697. The van der Waals surface area contributed by atoms with Crippen LogP contribution in [0.15, 0.2) is 39.6 Å². The zero-order valence-electron chi connectivity index (χ0n) is 13.0. The zero-order valence-corrected chi connectivity index (χ0v) is 16.1. The van der Waals surface area contributed by atoms with Gasteiger partial charge in [0.05, 0.1) is 10.0 Å². The number of alkyl halides is 1. The molecule has 4 nitrogen and oxygen atoms in total. The minimum Gasteiger partial charge on any atom is -0.478 e. The van der Waals surface area contributed by atoms with Gasteiger partial charge in [0, 0.05) is 17.6 Å². The predicted molar refractivity (Wildman–Crippen MR) is 100 cm³/mol. The summed E-state index contributed by atoms with van der Waals surface area (Å²) in [5.74, 6) is -0.365. The van der Waals surface area contributed by atoms with Crippen LogP contribution in [0.4, 0.5) is 0 Å². The van der Waals surface area contributed by atoms with Gasteiger partial charge in [0.15, 0.2) is 0 Å². The van der Waals surface area contributed by atoms with Gasteiger partial charge in [0.2, 0.25) is 0 Å². The third kappa shape index (κ3) is 3.64. The Balaban J connectivity index is 1.86. The molecule has 0 amide bonds. The number of rotatable bonds is 6. The van der Waals surface area contributed by atoms with Crippen molar-refractivity contribution < 1.29 is 9.90 Å². The van der Waals surface area contributed by atoms with E-state index >= 15 is 0 Å². The molecular formula is C18H17Br2NO3. The maximum absolute atomic E-state index is 12.5. The number of aryl methyl sites for hydroxylation is 1. The summed E-state index contributed by atoms with van der Waals surface area (Å²) >= 11 is 6.92. The van der Waals surface area contributed by atoms with E-state index in [2.05, 4.69) is 31.9 Å². The molecule has 1 heterocycles. The molecule has 126 valence electrons. The number of carboxylic acid groups (broad SMARTS) is 1. The molecule has 1 aromatic heterocycles. The van der Waals surface area contributed by atoms with Gasteiger partial charge in [0.1, 0.15) is 0 Å². The lowest BCUT2D eigenvalue weighted by atomic mass is 10.1. The Hall–Kier alpha value is -1.40. The fourth-order valence-electron chi connectivity index (χ4n) is 2.88. The summed E-state index contributed by atoms with van der Waals surface area (Å²) in [5, 5.41) is 9.60. The van der Waals surface area contributed by atoms with Crippen molar-refractivity contribution in [1.29, 1.82) is 0 Å². The van der Waals surface area contributed by atoms with Crippen LogP contribution < -0.4 is 5.56 Å². The predicted octanol–water partition coefficient (Wildman–Crippen LogP) is 4.32. The van der Waals surface area contributed by atoms with Crippen molar-refractivity contribution in [1.82, 2.24) is 4.57 Å². The average molecular weight is 455 g/mol. The SMILES string of the molecule is O=C(O)c1ccc(CCn2c(CBr)c(C3CC3)cc(Br)c2=O)cc1. The fourth-order valence-corrected chi connectivity index (χ4v) is 3.96. The molecule has 1 aromatic carbocycles. The van der Waals surface area contributed by atoms with Crippen LogP contribution in [-0.4, -0.2) is 15.6 Å². The van der Waals surface area contributed by atoms with E-state index in [1.807, 2.05) is 22.8 Å². The van der Waals surface area contributed by atoms with Crippen LogP contribution in [-0.2, 0) is 18.3 Å². The van der Waals surface area contributed by atoms with E-state index in [1.165, 1.54) is 18.4 Å². The second-order valence-electron chi connectivity index (χ2n) is 6.01. The van der Waals surface area contributed by atoms with Crippen LogP contribution >= 0.6 is 31.9 Å². The van der Waals surface area contributed by atoms with E-state index in [-0.39, 0.29) is 11.1 Å². The highest BCUT2D eigenvalue weighted by atomic mass is 79.9. The minimum atomic E-state index is -0.930. The molecule has 1 aliphatic carbocycles. The molecule has 0 spiro atoms. The van der Waals surface area contributed by atoms with Gasteiger partial charge in [-0.3, -0.25) is 4.79 Å². The Kier molecular flexibility index (Phi) is 5.25. The van der Waals surface area contributed by atoms with Crippen molar-refractivity contribution >= 4 is 37.8 Å². The number of nitrogens with zero attached hydrogens (tertiary/aromatic N) is 1. The highest BCUT2D eigenvalue weighted by Crippen LogP contribution is 2.42. The molecule has 0 atom stereocenters. The normalized spacial score (nSPS) is 13.9. The van der Waals surface area contributed by atoms with Crippen LogP contribution in [0, 0.1) is 0 Å². The van der Waals surface area contributed by atoms with Crippen molar-refractivity contribution in [3.8, 4) is 0 Å². The van der Waals surface area contributed by atoms with Gasteiger partial charge >= 0.3 is 5.97 Å². The molecule has 1 fully saturated rings. The minimum absolute atomic E-state index is 0.0176. The number of hydrogen-bond donors (Lipinski definition) is 1. The third-order valence-electron chi connectivity index (χ3n) is 4.36. The van der Waals surface area contributed by atoms with Crippen LogP contribution in [0.3, 0.4) is 0 Å². The Morgan fingerprint density at radius 2 is 1.92 bits per heavy atom. The summed E-state index contributed by atoms with van der Waals surface area (Å²) in [4.78, 5) is 23.4. The first-order valence-corrected chi connectivity index (χ1v) is 9.73. The number of pyridine rings is 1. The van der Waals surface area contributed by atoms with Crippen LogP contribution in [0.1, 0.15) is 45.9 Å². The maximum atomic E-state index is 12.5. The van der Waals surface area contributed by atoms with Gasteiger partial charge in [0.25, 0.3) is 5.56 Å². The van der Waals surface area contributed by atoms with E-state index < -0.39 is 5.97 Å². The molecule has 1 saturated carbocycles. The molecule has 1 aliphatic rings. The van der Waals surface area contributed by atoms with Crippen LogP contribution in [0.25, 0.3) is 0 Å². The van der Waals surface area contributed by atoms with Crippen LogP contribution in [0.5, 0.6) is 0 Å². The van der Waals surface area contributed by atoms with E-state index in [0.29, 0.717) is 28.7 Å². The monoisotopic (exact) mass is 453 g/mol. The second-order valence-corrected chi connectivity index (χ2v) is 7.43. The van der Waals surface area contributed by atoms with Crippen molar-refractivity contribution in [3.63, 3.8) is 0 Å². The molecule has 0 saturated heterocycles. The highest BCUT2D eigenvalue weighted by Gasteiger charge is 2.28. The molecule has 0 bridgehead atoms. The summed E-state index contributed by atoms with van der Waals surface area (Å²) in [6, 6.07) is 8.78. The third-order valence-corrected chi connectivity index (χ3v) is 5.46. The molecule has 24 heavy (non-hydrogen) atoms. The van der Waals surface area contributed by atoms with Crippen molar-refractivity contribution in [2.24, 2.45) is 0 Å². The van der Waals surface area contributed by atoms with Gasteiger partial charge in [-0.25, -0.2) is 4.79 Å². The lowest BCUT2D eigenvalue weighted by Gasteiger charge is -2.16. The summed E-state index contributed by atoms with van der Waals surface area (Å²) < 4.78 is 2.44. The van der Waals surface area contributed by atoms with Crippen molar-refractivity contribution in [3.05, 3.63) is 67.5 Å². The molecule has 6 heteroatoms. The van der Waals surface area contributed by atoms with E-state index in [1.54, 1.807) is 12.1 Å². The first-order chi connectivity index (χ1) is 11.5. The molecule has 1 N–H and O–H groups in total. The fraction of sp³-hybridized carbons (Fsp3) is 0.333. The Morgan fingerprint density at radius 1 is 1.25 bits per heavy atom. The number of benzene rings is 1. The number of aromatic nitrogens is 1. The second kappa shape index (κ2) is 7.23. The maximum Gasteiger partial charge on any atom is 0.335 e. The first-order valence-electron chi connectivity index (χ1n) is 7.81. The number of aromatic carboxylic acids is 1. The summed E-state index contributed by atoms with van der Waals surface area (Å²) in [7, 11) is 0. The van der Waals surface area contributed by atoms with Gasteiger partial charge in [-0.05, 0) is 70.4 Å². The summed E-state index contributed by atoms with van der Waals surface area (Å²) in [5.41, 5.74) is 3.57. The number of carboxylic acids is 1. The average Bonchev–Trinajstić information content (AvgIpc) is 3.41. The molecule has 0 unspecified atom stereocenters. The number of hydrogen-bond acceptors (Lipinski definition) is 2. The van der Waals surface area contributed by atoms with Crippen molar-refractivity contribution in [2.45, 2.75) is 37.1 Å². The standard InChI is InChI=1S/C18H17Br2NO3/c19-10-16-14(12-5-6-12)9-15(20)17(22)21(16)8-7-11-1-3-13(4-2-11)18(23)24/h1-4,9,12H,5-8,10H2,(H,23,24). The molecular weight excluding hydrogens is 438 g/mol. The summed E-state index contributed by atoms with van der Waals surface area (Å²) in [6.07, 6.45) is 3.04. The highest BCUT2D eigenvalue weighted by molar-refractivity contribution is 9.10. The van der Waals surface area contributed by atoms with E-state index in [0.717, 1.165) is 11.3 Å². The smallest absolute Gasteiger partial charge is 0.335 e. The molecule has 0 aliphatic heterocycles. The lowest BCUT2D eigenvalue weighted by Crippen LogP contribution is -2.26. The van der Waals surface area contributed by atoms with E-state index in [4.69, 9.17) is 5.11 Å². The van der Waals surface area contributed by atoms with Crippen LogP contribution in [0.2, 0.25) is 0 Å². The zero-order chi connectivity index (χ0) is 17.3. The quantitative estimate of drug-likeness (QED) is 0.661. The Morgan fingerprint density at radius 3 is 2.46 bits per heavy atom. The first kappa shape index (κ1) is 17.4. The van der Waals surface area contributed by atoms with Gasteiger partial charge in [-0.15, -0.1) is 0 Å². The Labute approximate surface area is 156 Å². The molecule has 3 rings (SSSR count). The van der Waals surface area contributed by atoms with Crippen molar-refractivity contribution in [2.75, 3.05) is 0 Å². The van der Waals surface area contributed by atoms with E-state index in [9.17, 15) is 9.59 Å². The molecule has 2 aromatic rings. The summed E-state index contributed by atoms with van der Waals surface area (Å²) in [6.45, 7) is 0.575. The topological polar surface area (TPSA) is 59.3 Å². The largest absolute Gasteiger partial charge is 0.478 e. The number of carbonyl (C=O) groups is 1. The van der Waals surface area contributed by atoms with Gasteiger partial charge in [-0.2, -0.15) is 0 Å². The Bertz CT molecular complexity index is 823. The van der Waals surface area contributed by atoms with Gasteiger partial charge < -0.3 is 9.67 Å².